The second-order valence-electron chi connectivity index (χ2n) is 4.81. The van der Waals surface area contributed by atoms with E-state index in [1.165, 1.54) is 11.3 Å². The highest BCUT2D eigenvalue weighted by atomic mass is 32.1. The summed E-state index contributed by atoms with van der Waals surface area (Å²) in [4.78, 5) is 18.5. The minimum absolute atomic E-state index is 0.0286. The fourth-order valence-corrected chi connectivity index (χ4v) is 3.03. The predicted octanol–water partition coefficient (Wildman–Crippen LogP) is -0.0731. The zero-order valence-electron chi connectivity index (χ0n) is 10.9. The first kappa shape index (κ1) is 14.4. The Labute approximate surface area is 115 Å². The molecule has 0 aliphatic carbocycles. The molecule has 2 rings (SSSR count). The van der Waals surface area contributed by atoms with E-state index in [1.54, 1.807) is 11.8 Å². The Morgan fingerprint density at radius 2 is 2.16 bits per heavy atom. The summed E-state index contributed by atoms with van der Waals surface area (Å²) in [5.74, 6) is -0.0286. The van der Waals surface area contributed by atoms with E-state index in [2.05, 4.69) is 4.98 Å². The summed E-state index contributed by atoms with van der Waals surface area (Å²) in [6, 6.07) is 0.181. The summed E-state index contributed by atoms with van der Waals surface area (Å²) in [5, 5.41) is 19.2. The molecule has 7 heteroatoms. The molecule has 1 aliphatic rings. The van der Waals surface area contributed by atoms with Crippen LogP contribution in [0.2, 0.25) is 0 Å². The summed E-state index contributed by atoms with van der Waals surface area (Å²) in [6.45, 7) is 3.12. The molecule has 0 atom stereocenters. The SMILES string of the molecule is Cc1nc(CC(=O)N2CCC(N)CC2)c(C(O)O)s1. The molecule has 1 aromatic rings. The molecular formula is C12H19N3O3S. The number of likely N-dealkylation sites (tertiary alicyclic amines) is 1. The first-order valence-corrected chi connectivity index (χ1v) is 7.14. The minimum Gasteiger partial charge on any atom is -0.364 e. The standard InChI is InChI=1S/C12H19N3O3S/c1-7-14-9(11(19-7)12(17)18)6-10(16)15-4-2-8(13)3-5-15/h8,12,17-18H,2-6,13H2,1H3. The zero-order chi connectivity index (χ0) is 14.0. The lowest BCUT2D eigenvalue weighted by atomic mass is 10.1. The Balaban J connectivity index is 2.02. The molecule has 0 spiro atoms. The van der Waals surface area contributed by atoms with Crippen LogP contribution >= 0.6 is 11.3 Å². The highest BCUT2D eigenvalue weighted by Crippen LogP contribution is 2.24. The Hall–Kier alpha value is -1.02. The van der Waals surface area contributed by atoms with E-state index in [1.807, 2.05) is 0 Å². The van der Waals surface area contributed by atoms with E-state index in [9.17, 15) is 15.0 Å². The second kappa shape index (κ2) is 5.96. The van der Waals surface area contributed by atoms with Crippen molar-refractivity contribution in [1.29, 1.82) is 0 Å². The molecule has 6 nitrogen and oxygen atoms in total. The Bertz CT molecular complexity index is 453. The van der Waals surface area contributed by atoms with Crippen LogP contribution in [0.5, 0.6) is 0 Å². The number of rotatable bonds is 3. The summed E-state index contributed by atoms with van der Waals surface area (Å²) >= 11 is 1.21. The molecule has 0 radical (unpaired) electrons. The van der Waals surface area contributed by atoms with Gasteiger partial charge in [0.05, 0.1) is 22.0 Å². The van der Waals surface area contributed by atoms with Crippen molar-refractivity contribution in [2.75, 3.05) is 13.1 Å². The van der Waals surface area contributed by atoms with Gasteiger partial charge in [0.1, 0.15) is 0 Å². The fourth-order valence-electron chi connectivity index (χ4n) is 2.22. The number of carbonyl (C=O) groups excluding carboxylic acids is 1. The number of thiazole rings is 1. The van der Waals surface area contributed by atoms with Gasteiger partial charge in [-0.25, -0.2) is 4.98 Å². The van der Waals surface area contributed by atoms with Crippen molar-refractivity contribution < 1.29 is 15.0 Å². The maximum Gasteiger partial charge on any atom is 0.228 e. The highest BCUT2D eigenvalue weighted by molar-refractivity contribution is 7.11. The zero-order valence-corrected chi connectivity index (χ0v) is 11.7. The van der Waals surface area contributed by atoms with Crippen LogP contribution in [0, 0.1) is 6.92 Å². The van der Waals surface area contributed by atoms with E-state index in [0.717, 1.165) is 17.8 Å². The van der Waals surface area contributed by atoms with Crippen molar-refractivity contribution in [3.63, 3.8) is 0 Å². The third-order valence-electron chi connectivity index (χ3n) is 3.28. The topological polar surface area (TPSA) is 99.7 Å². The van der Waals surface area contributed by atoms with Gasteiger partial charge in [-0.1, -0.05) is 0 Å². The lowest BCUT2D eigenvalue weighted by molar-refractivity contribution is -0.131. The number of aliphatic hydroxyl groups excluding tert-OH is 1. The van der Waals surface area contributed by atoms with Gasteiger partial charge in [0, 0.05) is 19.1 Å². The van der Waals surface area contributed by atoms with Gasteiger partial charge < -0.3 is 20.8 Å². The summed E-state index contributed by atoms with van der Waals surface area (Å²) in [7, 11) is 0. The molecule has 0 aromatic carbocycles. The highest BCUT2D eigenvalue weighted by Gasteiger charge is 2.23. The quantitative estimate of drug-likeness (QED) is 0.675. The van der Waals surface area contributed by atoms with Crippen LogP contribution in [0.15, 0.2) is 0 Å². The molecule has 1 fully saturated rings. The van der Waals surface area contributed by atoms with Gasteiger partial charge in [0.25, 0.3) is 0 Å². The van der Waals surface area contributed by atoms with E-state index in [0.29, 0.717) is 23.7 Å². The van der Waals surface area contributed by atoms with Crippen molar-refractivity contribution in [2.45, 2.75) is 38.5 Å². The fraction of sp³-hybridized carbons (Fsp3) is 0.667. The molecule has 106 valence electrons. The van der Waals surface area contributed by atoms with Gasteiger partial charge in [0.15, 0.2) is 6.29 Å². The second-order valence-corrected chi connectivity index (χ2v) is 6.05. The van der Waals surface area contributed by atoms with Gasteiger partial charge in [-0.3, -0.25) is 4.79 Å². The van der Waals surface area contributed by atoms with Crippen LogP contribution < -0.4 is 5.73 Å². The molecule has 0 saturated carbocycles. The predicted molar refractivity (Wildman–Crippen MR) is 71.5 cm³/mol. The van der Waals surface area contributed by atoms with Crippen LogP contribution in [0.1, 0.15) is 34.7 Å². The normalized spacial score (nSPS) is 17.2. The maximum atomic E-state index is 12.1. The van der Waals surface area contributed by atoms with Crippen LogP contribution in [-0.4, -0.2) is 45.1 Å². The number of carbonyl (C=O) groups is 1. The Morgan fingerprint density at radius 1 is 1.53 bits per heavy atom. The number of piperidine rings is 1. The third-order valence-corrected chi connectivity index (χ3v) is 4.33. The summed E-state index contributed by atoms with van der Waals surface area (Å²) in [6.07, 6.45) is 0.185. The molecule has 1 amide bonds. The smallest absolute Gasteiger partial charge is 0.228 e. The molecular weight excluding hydrogens is 266 g/mol. The lowest BCUT2D eigenvalue weighted by Gasteiger charge is -2.30. The van der Waals surface area contributed by atoms with Crippen LogP contribution in [0.25, 0.3) is 0 Å². The van der Waals surface area contributed by atoms with Crippen molar-refractivity contribution in [2.24, 2.45) is 5.73 Å². The number of aliphatic hydroxyl groups is 2. The molecule has 2 heterocycles. The molecule has 0 bridgehead atoms. The Morgan fingerprint density at radius 3 is 2.74 bits per heavy atom. The maximum absolute atomic E-state index is 12.1. The number of aromatic nitrogens is 1. The number of nitrogens with zero attached hydrogens (tertiary/aromatic N) is 2. The average Bonchev–Trinajstić information content (AvgIpc) is 2.71. The third kappa shape index (κ3) is 3.50. The van der Waals surface area contributed by atoms with Crippen molar-refractivity contribution in [3.05, 3.63) is 15.6 Å². The van der Waals surface area contributed by atoms with Crippen molar-refractivity contribution in [3.8, 4) is 0 Å². The molecule has 19 heavy (non-hydrogen) atoms. The van der Waals surface area contributed by atoms with Crippen LogP contribution in [0.3, 0.4) is 0 Å². The average molecular weight is 285 g/mol. The number of aryl methyl sites for hydroxylation is 1. The summed E-state index contributed by atoms with van der Waals surface area (Å²) in [5.41, 5.74) is 6.27. The van der Waals surface area contributed by atoms with Crippen molar-refractivity contribution in [1.82, 2.24) is 9.88 Å². The monoisotopic (exact) mass is 285 g/mol. The summed E-state index contributed by atoms with van der Waals surface area (Å²) < 4.78 is 0. The number of amides is 1. The Kier molecular flexibility index (Phi) is 4.51. The number of hydrogen-bond acceptors (Lipinski definition) is 6. The van der Waals surface area contributed by atoms with E-state index in [-0.39, 0.29) is 18.4 Å². The van der Waals surface area contributed by atoms with Gasteiger partial charge in [-0.15, -0.1) is 11.3 Å². The van der Waals surface area contributed by atoms with E-state index in [4.69, 9.17) is 5.73 Å². The molecule has 1 saturated heterocycles. The number of hydrogen-bond donors (Lipinski definition) is 3. The van der Waals surface area contributed by atoms with Crippen LogP contribution in [0.4, 0.5) is 0 Å². The van der Waals surface area contributed by atoms with E-state index >= 15 is 0 Å². The first-order chi connectivity index (χ1) is 8.97. The minimum atomic E-state index is -1.57. The first-order valence-electron chi connectivity index (χ1n) is 6.33. The van der Waals surface area contributed by atoms with Gasteiger partial charge in [-0.2, -0.15) is 0 Å². The van der Waals surface area contributed by atoms with Gasteiger partial charge in [-0.05, 0) is 19.8 Å². The van der Waals surface area contributed by atoms with Crippen LogP contribution in [-0.2, 0) is 11.2 Å². The molecule has 1 aliphatic heterocycles. The largest absolute Gasteiger partial charge is 0.364 e. The van der Waals surface area contributed by atoms with Gasteiger partial charge in [0.2, 0.25) is 5.91 Å². The molecule has 1 aromatic heterocycles. The number of nitrogens with two attached hydrogens (primary N) is 1. The molecule has 4 N–H and O–H groups in total. The van der Waals surface area contributed by atoms with Gasteiger partial charge >= 0.3 is 0 Å². The van der Waals surface area contributed by atoms with E-state index < -0.39 is 6.29 Å². The molecule has 0 unspecified atom stereocenters. The lowest BCUT2D eigenvalue weighted by Crippen LogP contribution is -2.43. The van der Waals surface area contributed by atoms with Crippen molar-refractivity contribution >= 4 is 17.2 Å².